The van der Waals surface area contributed by atoms with Gasteiger partial charge < -0.3 is 14.5 Å². The van der Waals surface area contributed by atoms with E-state index in [1.54, 1.807) is 55.3 Å². The first-order chi connectivity index (χ1) is 14.1. The van der Waals surface area contributed by atoms with Crippen molar-refractivity contribution in [1.29, 1.82) is 0 Å². The molecule has 29 heavy (non-hydrogen) atoms. The van der Waals surface area contributed by atoms with Crippen LogP contribution in [-0.2, 0) is 23.0 Å². The van der Waals surface area contributed by atoms with E-state index < -0.39 is 10.8 Å². The van der Waals surface area contributed by atoms with E-state index in [-0.39, 0.29) is 17.4 Å². The minimum absolute atomic E-state index is 0.210. The van der Waals surface area contributed by atoms with Crippen molar-refractivity contribution in [3.63, 3.8) is 0 Å². The first kappa shape index (κ1) is 21.2. The van der Waals surface area contributed by atoms with Crippen LogP contribution >= 0.6 is 11.8 Å². The predicted octanol–water partition coefficient (Wildman–Crippen LogP) is 4.29. The highest BCUT2D eigenvalue weighted by molar-refractivity contribution is 7.98. The number of nitrogens with one attached hydrogen (secondary N) is 1. The maximum Gasteiger partial charge on any atom is 0.287 e. The van der Waals surface area contributed by atoms with Crippen LogP contribution in [0.2, 0.25) is 0 Å². The lowest BCUT2D eigenvalue weighted by molar-refractivity contribution is 0.0925. The van der Waals surface area contributed by atoms with E-state index in [9.17, 15) is 9.00 Å². The van der Waals surface area contributed by atoms with Crippen molar-refractivity contribution in [1.82, 2.24) is 5.32 Å². The topological polar surface area (TPSA) is 68.5 Å². The Balaban J connectivity index is 1.50. The third-order valence-corrected chi connectivity index (χ3v) is 6.43. The molecule has 0 fully saturated rings. The molecular weight excluding hydrogens is 406 g/mol. The van der Waals surface area contributed by atoms with Crippen molar-refractivity contribution < 1.29 is 18.2 Å². The number of benzene rings is 2. The summed E-state index contributed by atoms with van der Waals surface area (Å²) in [6.07, 6.45) is 2.79. The monoisotopic (exact) mass is 429 g/mol. The van der Waals surface area contributed by atoms with Crippen molar-refractivity contribution in [2.24, 2.45) is 0 Å². The summed E-state index contributed by atoms with van der Waals surface area (Å²) in [6, 6.07) is 18.6. The molecule has 0 saturated heterocycles. The first-order valence-electron chi connectivity index (χ1n) is 9.11. The van der Waals surface area contributed by atoms with Gasteiger partial charge in [-0.2, -0.15) is 0 Å². The summed E-state index contributed by atoms with van der Waals surface area (Å²) in [5, 5.41) is 2.86. The Labute approximate surface area is 177 Å². The van der Waals surface area contributed by atoms with Gasteiger partial charge in [0.05, 0.1) is 23.7 Å². The van der Waals surface area contributed by atoms with Gasteiger partial charge in [0.2, 0.25) is 0 Å². The van der Waals surface area contributed by atoms with Crippen LogP contribution in [0.25, 0.3) is 0 Å². The van der Waals surface area contributed by atoms with E-state index in [1.807, 2.05) is 6.26 Å². The van der Waals surface area contributed by atoms with Gasteiger partial charge in [0.25, 0.3) is 5.91 Å². The van der Waals surface area contributed by atoms with Gasteiger partial charge in [0.15, 0.2) is 5.76 Å². The molecule has 1 atom stereocenters. The van der Waals surface area contributed by atoms with Gasteiger partial charge >= 0.3 is 0 Å². The molecule has 1 aromatic heterocycles. The molecule has 0 bridgehead atoms. The summed E-state index contributed by atoms with van der Waals surface area (Å²) >= 11 is 1.70. The van der Waals surface area contributed by atoms with Crippen molar-refractivity contribution in [3.05, 3.63) is 77.7 Å². The molecule has 0 aliphatic heterocycles. The maximum atomic E-state index is 12.5. The number of furan rings is 1. The standard InChI is InChI=1S/C22H23NO4S2/c1-26-17-5-10-20(11-6-17)29(25)15-18-7-12-21(27-18)22(24)23-14-13-16-3-8-19(28-2)9-4-16/h3-12H,13-15H2,1-2H3,(H,23,24). The van der Waals surface area contributed by atoms with Crippen LogP contribution in [0.1, 0.15) is 21.9 Å². The average Bonchev–Trinajstić information content (AvgIpc) is 3.22. The second-order valence-corrected chi connectivity index (χ2v) is 8.62. The van der Waals surface area contributed by atoms with Crippen LogP contribution in [-0.4, -0.2) is 30.0 Å². The molecule has 1 amide bonds. The van der Waals surface area contributed by atoms with Gasteiger partial charge in [-0.1, -0.05) is 12.1 Å². The number of amides is 1. The molecule has 2 aromatic carbocycles. The smallest absolute Gasteiger partial charge is 0.287 e. The summed E-state index contributed by atoms with van der Waals surface area (Å²) in [5.41, 5.74) is 1.16. The number of carbonyl (C=O) groups is 1. The number of ether oxygens (including phenoxy) is 1. The highest BCUT2D eigenvalue weighted by Gasteiger charge is 2.13. The molecule has 1 unspecified atom stereocenters. The van der Waals surface area contributed by atoms with Crippen LogP contribution in [0.3, 0.4) is 0 Å². The number of thioether (sulfide) groups is 1. The Hall–Kier alpha value is -2.51. The van der Waals surface area contributed by atoms with Gasteiger partial charge in [-0.05, 0) is 66.8 Å². The quantitative estimate of drug-likeness (QED) is 0.514. The van der Waals surface area contributed by atoms with E-state index in [4.69, 9.17) is 9.15 Å². The SMILES string of the molecule is COc1ccc(S(=O)Cc2ccc(C(=O)NCCc3ccc(SC)cc3)o2)cc1. The lowest BCUT2D eigenvalue weighted by Crippen LogP contribution is -2.25. The Bertz CT molecular complexity index is 965. The van der Waals surface area contributed by atoms with Crippen molar-refractivity contribution in [2.45, 2.75) is 22.0 Å². The lowest BCUT2D eigenvalue weighted by atomic mass is 10.1. The van der Waals surface area contributed by atoms with Gasteiger partial charge in [0.1, 0.15) is 11.5 Å². The largest absolute Gasteiger partial charge is 0.497 e. The Morgan fingerprint density at radius 2 is 1.79 bits per heavy atom. The fourth-order valence-corrected chi connectivity index (χ4v) is 4.15. The normalized spacial score (nSPS) is 11.8. The van der Waals surface area contributed by atoms with Crippen molar-refractivity contribution >= 4 is 28.5 Å². The number of rotatable bonds is 9. The third-order valence-electron chi connectivity index (χ3n) is 4.34. The van der Waals surface area contributed by atoms with Gasteiger partial charge in [0, 0.05) is 16.3 Å². The second kappa shape index (κ2) is 10.3. The number of hydrogen-bond acceptors (Lipinski definition) is 5. The number of hydrogen-bond donors (Lipinski definition) is 1. The minimum Gasteiger partial charge on any atom is -0.497 e. The summed E-state index contributed by atoms with van der Waals surface area (Å²) in [7, 11) is 0.325. The highest BCUT2D eigenvalue weighted by atomic mass is 32.2. The van der Waals surface area contributed by atoms with Crippen molar-refractivity contribution in [3.8, 4) is 5.75 Å². The van der Waals surface area contributed by atoms with Crippen LogP contribution in [0.5, 0.6) is 5.75 Å². The van der Waals surface area contributed by atoms with E-state index in [2.05, 4.69) is 29.6 Å². The Kier molecular flexibility index (Phi) is 7.55. The molecule has 0 radical (unpaired) electrons. The molecule has 3 aromatic rings. The van der Waals surface area contributed by atoms with E-state index >= 15 is 0 Å². The first-order valence-corrected chi connectivity index (χ1v) is 11.7. The molecule has 0 spiro atoms. The molecule has 1 N–H and O–H groups in total. The summed E-state index contributed by atoms with van der Waals surface area (Å²) in [6.45, 7) is 0.519. The average molecular weight is 430 g/mol. The zero-order valence-corrected chi connectivity index (χ0v) is 18.0. The highest BCUT2D eigenvalue weighted by Crippen LogP contribution is 2.18. The van der Waals surface area contributed by atoms with Crippen molar-refractivity contribution in [2.75, 3.05) is 19.9 Å². The lowest BCUT2D eigenvalue weighted by Gasteiger charge is -2.05. The van der Waals surface area contributed by atoms with E-state index in [0.29, 0.717) is 22.9 Å². The zero-order valence-electron chi connectivity index (χ0n) is 16.3. The number of carbonyl (C=O) groups excluding carboxylic acids is 1. The van der Waals surface area contributed by atoms with Crippen LogP contribution < -0.4 is 10.1 Å². The summed E-state index contributed by atoms with van der Waals surface area (Å²) < 4.78 is 23.2. The molecule has 5 nitrogen and oxygen atoms in total. The predicted molar refractivity (Wildman–Crippen MR) is 116 cm³/mol. The zero-order chi connectivity index (χ0) is 20.6. The third kappa shape index (κ3) is 5.98. The fraction of sp³-hybridized carbons (Fsp3) is 0.227. The molecule has 0 aliphatic carbocycles. The van der Waals surface area contributed by atoms with Crippen LogP contribution in [0, 0.1) is 0 Å². The fourth-order valence-electron chi connectivity index (χ4n) is 2.72. The van der Waals surface area contributed by atoms with Gasteiger partial charge in [-0.3, -0.25) is 9.00 Å². The summed E-state index contributed by atoms with van der Waals surface area (Å²) in [4.78, 5) is 14.2. The Morgan fingerprint density at radius 3 is 2.45 bits per heavy atom. The van der Waals surface area contributed by atoms with E-state index in [0.717, 1.165) is 12.0 Å². The molecular formula is C22H23NO4S2. The summed E-state index contributed by atoms with van der Waals surface area (Å²) in [5.74, 6) is 1.39. The van der Waals surface area contributed by atoms with Gasteiger partial charge in [-0.25, -0.2) is 0 Å². The van der Waals surface area contributed by atoms with Crippen LogP contribution in [0.15, 0.2) is 74.9 Å². The maximum absolute atomic E-state index is 12.5. The Morgan fingerprint density at radius 1 is 1.07 bits per heavy atom. The molecule has 0 aliphatic rings. The van der Waals surface area contributed by atoms with E-state index in [1.165, 1.54) is 4.90 Å². The molecule has 0 saturated carbocycles. The van der Waals surface area contributed by atoms with Crippen LogP contribution in [0.4, 0.5) is 0 Å². The van der Waals surface area contributed by atoms with Gasteiger partial charge in [-0.15, -0.1) is 11.8 Å². The molecule has 3 rings (SSSR count). The second-order valence-electron chi connectivity index (χ2n) is 6.29. The molecule has 7 heteroatoms. The minimum atomic E-state index is -1.26. The number of methoxy groups -OCH3 is 1. The molecule has 1 heterocycles. The molecule has 152 valence electrons.